The molecule has 3 heteroatoms. The van der Waals surface area contributed by atoms with Crippen molar-refractivity contribution in [3.8, 4) is 6.07 Å². The first-order chi connectivity index (χ1) is 6.27. The summed E-state index contributed by atoms with van der Waals surface area (Å²) in [5, 5.41) is 8.67. The fourth-order valence-electron chi connectivity index (χ4n) is 0.968. The van der Waals surface area contributed by atoms with Gasteiger partial charge in [-0.05, 0) is 23.8 Å². The third-order valence-corrected chi connectivity index (χ3v) is 1.57. The second-order valence-corrected chi connectivity index (χ2v) is 2.48. The Morgan fingerprint density at radius 3 is 2.92 bits per heavy atom. The molecule has 1 aromatic rings. The average Bonchev–Trinajstić information content (AvgIpc) is 2.15. The molecule has 0 aromatic heterocycles. The Labute approximate surface area is 76.1 Å². The monoisotopic (exact) mass is 176 g/mol. The summed E-state index contributed by atoms with van der Waals surface area (Å²) >= 11 is 0. The van der Waals surface area contributed by atoms with Gasteiger partial charge in [-0.25, -0.2) is 4.39 Å². The molecule has 0 fully saturated rings. The van der Waals surface area contributed by atoms with Crippen molar-refractivity contribution < 1.29 is 4.39 Å². The van der Waals surface area contributed by atoms with E-state index < -0.39 is 0 Å². The maximum atomic E-state index is 12.7. The van der Waals surface area contributed by atoms with E-state index in [1.165, 1.54) is 18.2 Å². The Hall–Kier alpha value is -1.66. The molecule has 0 bridgehead atoms. The van der Waals surface area contributed by atoms with Gasteiger partial charge in [0.05, 0.1) is 11.6 Å². The number of benzene rings is 1. The van der Waals surface area contributed by atoms with Gasteiger partial charge in [0, 0.05) is 6.54 Å². The van der Waals surface area contributed by atoms with Crippen LogP contribution < -0.4 is 5.73 Å². The molecule has 0 aliphatic heterocycles. The van der Waals surface area contributed by atoms with Crippen LogP contribution in [0.1, 0.15) is 11.1 Å². The average molecular weight is 176 g/mol. The van der Waals surface area contributed by atoms with Crippen LogP contribution in [0.15, 0.2) is 24.3 Å². The summed E-state index contributed by atoms with van der Waals surface area (Å²) in [5.41, 5.74) is 6.26. The molecule has 1 aromatic carbocycles. The van der Waals surface area contributed by atoms with Crippen molar-refractivity contribution in [2.75, 3.05) is 6.54 Å². The molecular formula is C10H9FN2. The number of hydrogen-bond acceptors (Lipinski definition) is 2. The van der Waals surface area contributed by atoms with E-state index in [-0.39, 0.29) is 5.82 Å². The first-order valence-electron chi connectivity index (χ1n) is 3.84. The van der Waals surface area contributed by atoms with E-state index >= 15 is 0 Å². The molecule has 0 saturated heterocycles. The minimum atomic E-state index is -0.351. The second kappa shape index (κ2) is 4.39. The van der Waals surface area contributed by atoms with Crippen molar-refractivity contribution in [3.05, 3.63) is 41.2 Å². The van der Waals surface area contributed by atoms with Gasteiger partial charge in [0.2, 0.25) is 0 Å². The molecule has 0 amide bonds. The van der Waals surface area contributed by atoms with E-state index in [0.29, 0.717) is 17.7 Å². The fraction of sp³-hybridized carbons (Fsp3) is 0.100. The summed E-state index contributed by atoms with van der Waals surface area (Å²) in [6.07, 6.45) is 3.32. The Bertz CT molecular complexity index is 364. The molecular weight excluding hydrogens is 167 g/mol. The number of rotatable bonds is 2. The van der Waals surface area contributed by atoms with Crippen LogP contribution in [0.4, 0.5) is 4.39 Å². The highest BCUT2D eigenvalue weighted by Crippen LogP contribution is 2.11. The zero-order valence-electron chi connectivity index (χ0n) is 7.00. The molecule has 13 heavy (non-hydrogen) atoms. The van der Waals surface area contributed by atoms with Crippen LogP contribution in [0.3, 0.4) is 0 Å². The van der Waals surface area contributed by atoms with Crippen LogP contribution in [0, 0.1) is 17.1 Å². The predicted octanol–water partition coefficient (Wildman–Crippen LogP) is 1.67. The van der Waals surface area contributed by atoms with Crippen molar-refractivity contribution in [2.45, 2.75) is 0 Å². The van der Waals surface area contributed by atoms with Gasteiger partial charge in [0.25, 0.3) is 0 Å². The SMILES string of the molecule is N#Cc1ccc(F)cc1C=CCN. The van der Waals surface area contributed by atoms with E-state index in [0.717, 1.165) is 0 Å². The van der Waals surface area contributed by atoms with E-state index in [4.69, 9.17) is 11.0 Å². The van der Waals surface area contributed by atoms with E-state index in [1.54, 1.807) is 12.2 Å². The van der Waals surface area contributed by atoms with Crippen LogP contribution in [0.5, 0.6) is 0 Å². The third-order valence-electron chi connectivity index (χ3n) is 1.57. The van der Waals surface area contributed by atoms with Gasteiger partial charge < -0.3 is 5.73 Å². The standard InChI is InChI=1S/C10H9FN2/c11-10-4-3-9(7-13)8(6-10)2-1-5-12/h1-4,6H,5,12H2. The van der Waals surface area contributed by atoms with Crippen LogP contribution in [0.2, 0.25) is 0 Å². The van der Waals surface area contributed by atoms with Gasteiger partial charge in [0.1, 0.15) is 5.82 Å². The second-order valence-electron chi connectivity index (χ2n) is 2.48. The Kier molecular flexibility index (Phi) is 3.18. The Morgan fingerprint density at radius 1 is 1.54 bits per heavy atom. The third kappa shape index (κ3) is 2.39. The van der Waals surface area contributed by atoms with E-state index in [1.807, 2.05) is 6.07 Å². The summed E-state index contributed by atoms with van der Waals surface area (Å²) in [4.78, 5) is 0. The normalized spacial score (nSPS) is 10.2. The summed E-state index contributed by atoms with van der Waals surface area (Å²) < 4.78 is 12.7. The molecule has 0 saturated carbocycles. The summed E-state index contributed by atoms with van der Waals surface area (Å²) in [5.74, 6) is -0.351. The van der Waals surface area contributed by atoms with Gasteiger partial charge in [0.15, 0.2) is 0 Å². The first-order valence-corrected chi connectivity index (χ1v) is 3.84. The van der Waals surface area contributed by atoms with E-state index in [2.05, 4.69) is 0 Å². The first kappa shape index (κ1) is 9.43. The predicted molar refractivity (Wildman–Crippen MR) is 49.2 cm³/mol. The molecule has 66 valence electrons. The molecule has 0 atom stereocenters. The zero-order chi connectivity index (χ0) is 9.68. The summed E-state index contributed by atoms with van der Waals surface area (Å²) in [6, 6.07) is 6.00. The molecule has 0 aliphatic carbocycles. The molecule has 0 spiro atoms. The van der Waals surface area contributed by atoms with Crippen LogP contribution in [-0.2, 0) is 0 Å². The van der Waals surface area contributed by atoms with Gasteiger partial charge >= 0.3 is 0 Å². The molecule has 0 radical (unpaired) electrons. The smallest absolute Gasteiger partial charge is 0.123 e. The van der Waals surface area contributed by atoms with Crippen LogP contribution in [0.25, 0.3) is 6.08 Å². The largest absolute Gasteiger partial charge is 0.327 e. The molecule has 2 nitrogen and oxygen atoms in total. The molecule has 0 unspecified atom stereocenters. The Balaban J connectivity index is 3.10. The highest BCUT2D eigenvalue weighted by atomic mass is 19.1. The minimum absolute atomic E-state index is 0.351. The van der Waals surface area contributed by atoms with Crippen LogP contribution >= 0.6 is 0 Å². The summed E-state index contributed by atoms with van der Waals surface area (Å²) in [6.45, 7) is 0.376. The lowest BCUT2D eigenvalue weighted by Gasteiger charge is -1.96. The molecule has 2 N–H and O–H groups in total. The van der Waals surface area contributed by atoms with Gasteiger partial charge in [-0.1, -0.05) is 12.2 Å². The van der Waals surface area contributed by atoms with Crippen molar-refractivity contribution in [1.82, 2.24) is 0 Å². The maximum absolute atomic E-state index is 12.7. The molecule has 0 aliphatic rings. The number of nitrogens with two attached hydrogens (primary N) is 1. The summed E-state index contributed by atoms with van der Waals surface area (Å²) in [7, 11) is 0. The number of halogens is 1. The number of nitrogens with zero attached hydrogens (tertiary/aromatic N) is 1. The van der Waals surface area contributed by atoms with Crippen molar-refractivity contribution in [1.29, 1.82) is 5.26 Å². The van der Waals surface area contributed by atoms with E-state index in [9.17, 15) is 4.39 Å². The number of hydrogen-bond donors (Lipinski definition) is 1. The molecule has 1 rings (SSSR count). The Morgan fingerprint density at radius 2 is 2.31 bits per heavy atom. The quantitative estimate of drug-likeness (QED) is 0.745. The highest BCUT2D eigenvalue weighted by molar-refractivity contribution is 5.58. The zero-order valence-corrected chi connectivity index (χ0v) is 7.00. The minimum Gasteiger partial charge on any atom is -0.327 e. The fourth-order valence-corrected chi connectivity index (χ4v) is 0.968. The van der Waals surface area contributed by atoms with Crippen LogP contribution in [-0.4, -0.2) is 6.54 Å². The topological polar surface area (TPSA) is 49.8 Å². The van der Waals surface area contributed by atoms with Gasteiger partial charge in [-0.3, -0.25) is 0 Å². The lowest BCUT2D eigenvalue weighted by molar-refractivity contribution is 0.627. The maximum Gasteiger partial charge on any atom is 0.123 e. The van der Waals surface area contributed by atoms with Gasteiger partial charge in [-0.15, -0.1) is 0 Å². The van der Waals surface area contributed by atoms with Crippen molar-refractivity contribution in [3.63, 3.8) is 0 Å². The number of nitriles is 1. The lowest BCUT2D eigenvalue weighted by Crippen LogP contribution is -1.92. The molecule has 0 heterocycles. The lowest BCUT2D eigenvalue weighted by atomic mass is 10.1. The van der Waals surface area contributed by atoms with Gasteiger partial charge in [-0.2, -0.15) is 5.26 Å². The van der Waals surface area contributed by atoms with Crippen molar-refractivity contribution >= 4 is 6.08 Å². The van der Waals surface area contributed by atoms with Crippen molar-refractivity contribution in [2.24, 2.45) is 5.73 Å². The highest BCUT2D eigenvalue weighted by Gasteiger charge is 1.99.